The molecule has 3 aromatic rings. The Labute approximate surface area is 111 Å². The molecule has 0 aliphatic rings. The molecule has 3 nitrogen and oxygen atoms in total. The van der Waals surface area contributed by atoms with Crippen LogP contribution in [-0.4, -0.2) is 15.3 Å². The van der Waals surface area contributed by atoms with E-state index in [0.29, 0.717) is 0 Å². The molecule has 0 aliphatic carbocycles. The molecule has 1 heterocycles. The minimum absolute atomic E-state index is 0.264. The maximum Gasteiger partial charge on any atom is 0.132 e. The van der Waals surface area contributed by atoms with Gasteiger partial charge in [-0.2, -0.15) is 5.10 Å². The number of H-pyrrole nitrogens is 1. The number of phenolic OH excluding ortho intramolecular Hbond substituents is 1. The van der Waals surface area contributed by atoms with Crippen molar-refractivity contribution in [2.45, 2.75) is 6.92 Å². The lowest BCUT2D eigenvalue weighted by Crippen LogP contribution is -1.84. The molecular weight excluding hydrogens is 236 g/mol. The number of para-hydroxylation sites is 1. The van der Waals surface area contributed by atoms with E-state index in [4.69, 9.17) is 0 Å². The fraction of sp³-hybridized carbons (Fsp3) is 0.0625. The minimum atomic E-state index is 0.264. The van der Waals surface area contributed by atoms with E-state index in [1.165, 1.54) is 0 Å². The van der Waals surface area contributed by atoms with Crippen LogP contribution in [0, 0.1) is 6.92 Å². The standard InChI is InChI=1S/C16H14N2O/c1-11-10-15(18-17-11)14-9-5-8-13(16(14)19)12-6-3-2-4-7-12/h2-10,19H,1H3,(H,17,18). The third kappa shape index (κ3) is 2.10. The summed E-state index contributed by atoms with van der Waals surface area (Å²) in [5, 5.41) is 17.5. The summed E-state index contributed by atoms with van der Waals surface area (Å²) in [6, 6.07) is 17.5. The number of rotatable bonds is 2. The number of aromatic amines is 1. The van der Waals surface area contributed by atoms with Crippen LogP contribution in [0.5, 0.6) is 5.75 Å². The number of phenols is 1. The van der Waals surface area contributed by atoms with Crippen molar-refractivity contribution in [3.63, 3.8) is 0 Å². The summed E-state index contributed by atoms with van der Waals surface area (Å²) >= 11 is 0. The quantitative estimate of drug-likeness (QED) is 0.727. The Morgan fingerprint density at radius 3 is 2.37 bits per heavy atom. The molecule has 0 saturated carbocycles. The van der Waals surface area contributed by atoms with Gasteiger partial charge in [0.15, 0.2) is 0 Å². The van der Waals surface area contributed by atoms with Crippen LogP contribution in [0.15, 0.2) is 54.6 Å². The topological polar surface area (TPSA) is 48.9 Å². The molecule has 2 N–H and O–H groups in total. The lowest BCUT2D eigenvalue weighted by atomic mass is 10.00. The molecule has 0 bridgehead atoms. The molecule has 19 heavy (non-hydrogen) atoms. The molecular formula is C16H14N2O. The van der Waals surface area contributed by atoms with Gasteiger partial charge in [-0.3, -0.25) is 5.10 Å². The maximum absolute atomic E-state index is 10.5. The molecule has 94 valence electrons. The van der Waals surface area contributed by atoms with Gasteiger partial charge >= 0.3 is 0 Å². The first kappa shape index (κ1) is 11.5. The number of nitrogens with one attached hydrogen (secondary N) is 1. The molecule has 3 rings (SSSR count). The normalized spacial score (nSPS) is 10.6. The van der Waals surface area contributed by atoms with Crippen molar-refractivity contribution in [1.29, 1.82) is 0 Å². The van der Waals surface area contributed by atoms with Crippen LogP contribution in [0.3, 0.4) is 0 Å². The van der Waals surface area contributed by atoms with Gasteiger partial charge in [0.05, 0.1) is 5.69 Å². The average molecular weight is 250 g/mol. The second-order valence-corrected chi connectivity index (χ2v) is 4.50. The number of aromatic hydroxyl groups is 1. The number of benzene rings is 2. The van der Waals surface area contributed by atoms with E-state index in [9.17, 15) is 5.11 Å². The SMILES string of the molecule is Cc1cc(-c2cccc(-c3ccccc3)c2O)n[nH]1. The van der Waals surface area contributed by atoms with Crippen LogP contribution in [0.4, 0.5) is 0 Å². The highest BCUT2D eigenvalue weighted by Crippen LogP contribution is 2.37. The zero-order valence-corrected chi connectivity index (χ0v) is 10.6. The predicted octanol–water partition coefficient (Wildman–Crippen LogP) is 3.76. The summed E-state index contributed by atoms with van der Waals surface area (Å²) in [4.78, 5) is 0. The van der Waals surface area contributed by atoms with Crippen molar-refractivity contribution in [1.82, 2.24) is 10.2 Å². The number of hydrogen-bond donors (Lipinski definition) is 2. The molecule has 0 spiro atoms. The van der Waals surface area contributed by atoms with E-state index in [1.807, 2.05) is 61.5 Å². The number of aromatic nitrogens is 2. The van der Waals surface area contributed by atoms with E-state index in [-0.39, 0.29) is 5.75 Å². The lowest BCUT2D eigenvalue weighted by molar-refractivity contribution is 0.479. The van der Waals surface area contributed by atoms with Crippen LogP contribution < -0.4 is 0 Å². The van der Waals surface area contributed by atoms with Crippen LogP contribution in [-0.2, 0) is 0 Å². The zero-order valence-electron chi connectivity index (χ0n) is 10.6. The monoisotopic (exact) mass is 250 g/mol. The van der Waals surface area contributed by atoms with E-state index in [1.54, 1.807) is 0 Å². The Morgan fingerprint density at radius 1 is 0.947 bits per heavy atom. The molecule has 0 unspecified atom stereocenters. The van der Waals surface area contributed by atoms with Crippen LogP contribution in [0.2, 0.25) is 0 Å². The summed E-state index contributed by atoms with van der Waals surface area (Å²) in [6.45, 7) is 1.94. The Kier molecular flexibility index (Phi) is 2.80. The Bertz CT molecular complexity index is 702. The lowest BCUT2D eigenvalue weighted by Gasteiger charge is -2.08. The highest BCUT2D eigenvalue weighted by atomic mass is 16.3. The first-order valence-electron chi connectivity index (χ1n) is 6.15. The number of aryl methyl sites for hydroxylation is 1. The number of nitrogens with zero attached hydrogens (tertiary/aromatic N) is 1. The van der Waals surface area contributed by atoms with Crippen molar-refractivity contribution in [3.05, 3.63) is 60.3 Å². The fourth-order valence-electron chi connectivity index (χ4n) is 2.16. The van der Waals surface area contributed by atoms with Crippen LogP contribution in [0.25, 0.3) is 22.4 Å². The van der Waals surface area contributed by atoms with Gasteiger partial charge in [0.1, 0.15) is 5.75 Å². The van der Waals surface area contributed by atoms with Gasteiger partial charge in [0.2, 0.25) is 0 Å². The van der Waals surface area contributed by atoms with Crippen molar-refractivity contribution in [2.24, 2.45) is 0 Å². The van der Waals surface area contributed by atoms with E-state index in [0.717, 1.165) is 28.1 Å². The summed E-state index contributed by atoms with van der Waals surface area (Å²) in [7, 11) is 0. The Hall–Kier alpha value is -2.55. The summed E-state index contributed by atoms with van der Waals surface area (Å²) < 4.78 is 0. The summed E-state index contributed by atoms with van der Waals surface area (Å²) in [5.74, 6) is 0.264. The highest BCUT2D eigenvalue weighted by Gasteiger charge is 2.12. The molecule has 1 aromatic heterocycles. The van der Waals surface area contributed by atoms with Gasteiger partial charge in [0.25, 0.3) is 0 Å². The molecule has 0 saturated heterocycles. The minimum Gasteiger partial charge on any atom is -0.507 e. The second-order valence-electron chi connectivity index (χ2n) is 4.50. The molecule has 0 atom stereocenters. The third-order valence-electron chi connectivity index (χ3n) is 3.10. The molecule has 3 heteroatoms. The molecule has 0 aliphatic heterocycles. The predicted molar refractivity (Wildman–Crippen MR) is 75.9 cm³/mol. The molecule has 0 radical (unpaired) electrons. The van der Waals surface area contributed by atoms with E-state index >= 15 is 0 Å². The zero-order chi connectivity index (χ0) is 13.2. The first-order chi connectivity index (χ1) is 9.25. The Balaban J connectivity index is 2.14. The van der Waals surface area contributed by atoms with Gasteiger partial charge in [-0.25, -0.2) is 0 Å². The number of hydrogen-bond acceptors (Lipinski definition) is 2. The van der Waals surface area contributed by atoms with Crippen LogP contribution >= 0.6 is 0 Å². The van der Waals surface area contributed by atoms with Gasteiger partial charge in [-0.15, -0.1) is 0 Å². The van der Waals surface area contributed by atoms with Crippen molar-refractivity contribution >= 4 is 0 Å². The summed E-state index contributed by atoms with van der Waals surface area (Å²) in [5.41, 5.74) is 4.28. The van der Waals surface area contributed by atoms with Gasteiger partial charge in [0, 0.05) is 16.8 Å². The smallest absolute Gasteiger partial charge is 0.132 e. The Morgan fingerprint density at radius 2 is 1.68 bits per heavy atom. The van der Waals surface area contributed by atoms with Gasteiger partial charge in [-0.1, -0.05) is 42.5 Å². The van der Waals surface area contributed by atoms with E-state index in [2.05, 4.69) is 10.2 Å². The molecule has 0 fully saturated rings. The van der Waals surface area contributed by atoms with E-state index < -0.39 is 0 Å². The maximum atomic E-state index is 10.5. The first-order valence-corrected chi connectivity index (χ1v) is 6.15. The largest absolute Gasteiger partial charge is 0.507 e. The second kappa shape index (κ2) is 4.61. The van der Waals surface area contributed by atoms with Gasteiger partial charge < -0.3 is 5.11 Å². The molecule has 0 amide bonds. The van der Waals surface area contributed by atoms with Crippen LogP contribution in [0.1, 0.15) is 5.69 Å². The van der Waals surface area contributed by atoms with Crippen molar-refractivity contribution < 1.29 is 5.11 Å². The third-order valence-corrected chi connectivity index (χ3v) is 3.10. The van der Waals surface area contributed by atoms with Crippen molar-refractivity contribution in [3.8, 4) is 28.1 Å². The van der Waals surface area contributed by atoms with Gasteiger partial charge in [-0.05, 0) is 24.6 Å². The fourth-order valence-corrected chi connectivity index (χ4v) is 2.16. The molecule has 2 aromatic carbocycles. The van der Waals surface area contributed by atoms with Crippen molar-refractivity contribution in [2.75, 3.05) is 0 Å². The highest BCUT2D eigenvalue weighted by molar-refractivity contribution is 5.80. The average Bonchev–Trinajstić information content (AvgIpc) is 2.86. The summed E-state index contributed by atoms with van der Waals surface area (Å²) in [6.07, 6.45) is 0.